The molecule has 1 aliphatic carbocycles. The van der Waals surface area contributed by atoms with Crippen LogP contribution >= 0.6 is 0 Å². The molecule has 0 fully saturated rings. The largest absolute Gasteiger partial charge is 0.464 e. The van der Waals surface area contributed by atoms with Crippen LogP contribution in [0.4, 0.5) is 0 Å². The molecule has 116 valence electrons. The van der Waals surface area contributed by atoms with Crippen LogP contribution in [-0.2, 0) is 14.3 Å². The quantitative estimate of drug-likeness (QED) is 0.495. The van der Waals surface area contributed by atoms with Gasteiger partial charge in [0.05, 0.1) is 7.11 Å². The van der Waals surface area contributed by atoms with E-state index < -0.39 is 11.8 Å². The molecule has 6 nitrogen and oxygen atoms in total. The molecule has 22 heavy (non-hydrogen) atoms. The number of benzene rings is 1. The molecule has 2 aliphatic rings. The van der Waals surface area contributed by atoms with Crippen molar-refractivity contribution in [3.8, 4) is 0 Å². The van der Waals surface area contributed by atoms with E-state index in [0.717, 1.165) is 11.1 Å². The van der Waals surface area contributed by atoms with Gasteiger partial charge in [-0.3, -0.25) is 0 Å². The van der Waals surface area contributed by atoms with Gasteiger partial charge in [-0.1, -0.05) is 35.5 Å². The highest BCUT2D eigenvalue weighted by Crippen LogP contribution is 2.46. The first-order chi connectivity index (χ1) is 10.6. The Morgan fingerprint density at radius 2 is 2.09 bits per heavy atom. The van der Waals surface area contributed by atoms with E-state index in [1.807, 2.05) is 30.3 Å². The predicted molar refractivity (Wildman–Crippen MR) is 77.3 cm³/mol. The third-order valence-corrected chi connectivity index (χ3v) is 4.18. The molecule has 0 aromatic heterocycles. The van der Waals surface area contributed by atoms with E-state index in [0.29, 0.717) is 24.3 Å². The Labute approximate surface area is 127 Å². The Morgan fingerprint density at radius 1 is 1.36 bits per heavy atom. The Bertz CT molecular complexity index is 652. The maximum Gasteiger partial charge on any atom is 0.379 e. The van der Waals surface area contributed by atoms with Gasteiger partial charge >= 0.3 is 11.8 Å². The molecular weight excluding hydrogens is 286 g/mol. The van der Waals surface area contributed by atoms with E-state index in [9.17, 15) is 9.90 Å². The van der Waals surface area contributed by atoms with Crippen molar-refractivity contribution in [2.24, 2.45) is 5.16 Å². The first kappa shape index (κ1) is 14.6. The summed E-state index contributed by atoms with van der Waals surface area (Å²) in [6.07, 6.45) is 1.26. The topological polar surface area (TPSA) is 88.4 Å². The highest BCUT2D eigenvalue weighted by molar-refractivity contribution is 6.02. The van der Waals surface area contributed by atoms with Gasteiger partial charge in [-0.05, 0) is 17.6 Å². The van der Waals surface area contributed by atoms with Crippen LogP contribution < -0.4 is 0 Å². The van der Waals surface area contributed by atoms with Crippen molar-refractivity contribution in [3.05, 3.63) is 47.2 Å². The van der Waals surface area contributed by atoms with Crippen molar-refractivity contribution in [2.45, 2.75) is 31.0 Å². The van der Waals surface area contributed by atoms with Crippen LogP contribution in [-0.4, -0.2) is 34.9 Å². The fourth-order valence-corrected chi connectivity index (χ4v) is 3.12. The molecule has 0 unspecified atom stereocenters. The summed E-state index contributed by atoms with van der Waals surface area (Å²) in [7, 11) is 1.20. The van der Waals surface area contributed by atoms with Gasteiger partial charge in [-0.15, -0.1) is 0 Å². The predicted octanol–water partition coefficient (Wildman–Crippen LogP) is 1.93. The zero-order valence-electron chi connectivity index (χ0n) is 12.2. The van der Waals surface area contributed by atoms with E-state index in [4.69, 9.17) is 9.94 Å². The third-order valence-electron chi connectivity index (χ3n) is 4.18. The summed E-state index contributed by atoms with van der Waals surface area (Å²) in [5.41, 5.74) is 2.25. The van der Waals surface area contributed by atoms with Crippen LogP contribution in [0.2, 0.25) is 0 Å². The lowest BCUT2D eigenvalue weighted by atomic mass is 9.83. The minimum absolute atomic E-state index is 0.0707. The fourth-order valence-electron chi connectivity index (χ4n) is 3.12. The number of hydrogen-bond acceptors (Lipinski definition) is 6. The maximum absolute atomic E-state index is 11.9. The average Bonchev–Trinajstić information content (AvgIpc) is 2.96. The lowest BCUT2D eigenvalue weighted by Crippen LogP contribution is -2.46. The molecule has 6 heteroatoms. The van der Waals surface area contributed by atoms with E-state index in [1.165, 1.54) is 7.11 Å². The Kier molecular flexibility index (Phi) is 3.62. The normalized spacial score (nSPS) is 29.2. The second kappa shape index (κ2) is 5.46. The van der Waals surface area contributed by atoms with Crippen LogP contribution in [0.25, 0.3) is 0 Å². The van der Waals surface area contributed by atoms with Crippen molar-refractivity contribution in [1.82, 2.24) is 0 Å². The molecule has 1 aromatic rings. The second-order valence-electron chi connectivity index (χ2n) is 5.45. The molecule has 2 atom stereocenters. The van der Waals surface area contributed by atoms with Gasteiger partial charge in [-0.25, -0.2) is 4.79 Å². The molecule has 2 N–H and O–H groups in total. The number of ether oxygens (including phenoxy) is 2. The molecule has 0 saturated heterocycles. The number of carbonyl (C=O) groups is 1. The maximum atomic E-state index is 11.9. The lowest BCUT2D eigenvalue weighted by molar-refractivity contribution is -0.218. The highest BCUT2D eigenvalue weighted by atomic mass is 16.7. The van der Waals surface area contributed by atoms with E-state index in [-0.39, 0.29) is 12.3 Å². The highest BCUT2D eigenvalue weighted by Gasteiger charge is 2.50. The molecule has 1 aromatic carbocycles. The van der Waals surface area contributed by atoms with E-state index >= 15 is 0 Å². The minimum Gasteiger partial charge on any atom is -0.464 e. The van der Waals surface area contributed by atoms with Crippen molar-refractivity contribution in [1.29, 1.82) is 0 Å². The van der Waals surface area contributed by atoms with Crippen molar-refractivity contribution in [2.75, 3.05) is 7.11 Å². The number of methoxy groups -OCH3 is 1. The van der Waals surface area contributed by atoms with Gasteiger partial charge in [-0.2, -0.15) is 0 Å². The van der Waals surface area contributed by atoms with Gasteiger partial charge in [0.25, 0.3) is 0 Å². The second-order valence-corrected chi connectivity index (χ2v) is 5.45. The standard InChI is InChI=1S/C16H17NO5/c1-21-15(18)16(19)9-12(10-5-3-2-4-6-10)11-7-8-13(17-20)14(11)22-16/h2-6,12,19-20H,7-9H2,1H3/b17-13+/t12-,16+/m0/s1. The molecule has 0 amide bonds. The molecule has 1 aliphatic heterocycles. The van der Waals surface area contributed by atoms with E-state index in [2.05, 4.69) is 9.89 Å². The van der Waals surface area contributed by atoms with Crippen molar-refractivity contribution >= 4 is 11.7 Å². The Morgan fingerprint density at radius 3 is 2.73 bits per heavy atom. The van der Waals surface area contributed by atoms with Crippen LogP contribution in [0.15, 0.2) is 46.8 Å². The van der Waals surface area contributed by atoms with Crippen LogP contribution in [0.1, 0.15) is 30.7 Å². The summed E-state index contributed by atoms with van der Waals surface area (Å²) in [5.74, 6) is -2.82. The van der Waals surface area contributed by atoms with Gasteiger partial charge in [0, 0.05) is 18.8 Å². The molecule has 0 radical (unpaired) electrons. The van der Waals surface area contributed by atoms with Gasteiger partial charge in [0.1, 0.15) is 11.5 Å². The zero-order chi connectivity index (χ0) is 15.7. The number of esters is 1. The first-order valence-electron chi connectivity index (χ1n) is 7.08. The van der Waals surface area contributed by atoms with Gasteiger partial charge < -0.3 is 19.8 Å². The summed E-state index contributed by atoms with van der Waals surface area (Å²) in [6.45, 7) is 0. The van der Waals surface area contributed by atoms with Gasteiger partial charge in [0.15, 0.2) is 0 Å². The SMILES string of the molecule is COC(=O)[C@@]1(O)C[C@@H](c2ccccc2)C2=C(O1)/C(=N/O)CC2. The van der Waals surface area contributed by atoms with Crippen LogP contribution in [0, 0.1) is 0 Å². The molecular formula is C16H17NO5. The number of nitrogens with zero attached hydrogens (tertiary/aromatic N) is 1. The Hall–Kier alpha value is -2.34. The first-order valence-corrected chi connectivity index (χ1v) is 7.08. The van der Waals surface area contributed by atoms with Crippen LogP contribution in [0.3, 0.4) is 0 Å². The van der Waals surface area contributed by atoms with E-state index in [1.54, 1.807) is 0 Å². The number of carbonyl (C=O) groups excluding carboxylic acids is 1. The van der Waals surface area contributed by atoms with Crippen molar-refractivity contribution in [3.63, 3.8) is 0 Å². The molecule has 0 saturated carbocycles. The van der Waals surface area contributed by atoms with Crippen molar-refractivity contribution < 1.29 is 24.6 Å². The third kappa shape index (κ3) is 2.25. The minimum atomic E-state index is -2.08. The smallest absolute Gasteiger partial charge is 0.379 e. The molecule has 3 rings (SSSR count). The van der Waals surface area contributed by atoms with Crippen LogP contribution in [0.5, 0.6) is 0 Å². The summed E-state index contributed by atoms with van der Waals surface area (Å²) in [4.78, 5) is 11.9. The summed E-state index contributed by atoms with van der Waals surface area (Å²) in [5, 5.41) is 22.9. The van der Waals surface area contributed by atoms with Gasteiger partial charge in [0.2, 0.25) is 0 Å². The molecule has 0 spiro atoms. The number of hydrogen-bond donors (Lipinski definition) is 2. The molecule has 1 heterocycles. The number of rotatable bonds is 2. The summed E-state index contributed by atoms with van der Waals surface area (Å²) in [6, 6.07) is 9.58. The summed E-state index contributed by atoms with van der Waals surface area (Å²) >= 11 is 0. The molecule has 0 bridgehead atoms. The Balaban J connectivity index is 2.08. The lowest BCUT2D eigenvalue weighted by Gasteiger charge is -2.36. The number of allylic oxidation sites excluding steroid dienone is 2. The average molecular weight is 303 g/mol. The monoisotopic (exact) mass is 303 g/mol. The number of aliphatic hydroxyl groups is 1. The summed E-state index contributed by atoms with van der Waals surface area (Å²) < 4.78 is 10.1. The zero-order valence-corrected chi connectivity index (χ0v) is 12.2. The number of oxime groups is 1. The fraction of sp³-hybridized carbons (Fsp3) is 0.375.